The van der Waals surface area contributed by atoms with E-state index in [1.807, 2.05) is 48.5 Å². The second kappa shape index (κ2) is 5.41. The Morgan fingerprint density at radius 1 is 0.941 bits per heavy atom. The number of hydrazine groups is 1. The number of nitrogens with two attached hydrogens (primary N) is 1. The summed E-state index contributed by atoms with van der Waals surface area (Å²) < 4.78 is 0. The minimum absolute atomic E-state index is 0.609. The van der Waals surface area contributed by atoms with E-state index in [9.17, 15) is 0 Å². The summed E-state index contributed by atoms with van der Waals surface area (Å²) in [4.78, 5) is 0. The molecule has 2 N–H and O–H groups in total. The highest BCUT2D eigenvalue weighted by atomic mass is 35.5. The van der Waals surface area contributed by atoms with Gasteiger partial charge in [0.1, 0.15) is 0 Å². The molecule has 2 rings (SSSR count). The SMILES string of the molecule is NN(Cc1ccc(Cl)cc1)c1cccc(Cl)c1. The Hall–Kier alpha value is -1.22. The van der Waals surface area contributed by atoms with E-state index in [4.69, 9.17) is 29.0 Å². The Balaban J connectivity index is 2.11. The average molecular weight is 267 g/mol. The van der Waals surface area contributed by atoms with E-state index >= 15 is 0 Å². The first-order valence-corrected chi connectivity index (χ1v) is 5.93. The molecular formula is C13H12Cl2N2. The van der Waals surface area contributed by atoms with Gasteiger partial charge < -0.3 is 5.01 Å². The van der Waals surface area contributed by atoms with Gasteiger partial charge in [-0.15, -0.1) is 0 Å². The van der Waals surface area contributed by atoms with Crippen LogP contribution >= 0.6 is 23.2 Å². The van der Waals surface area contributed by atoms with Gasteiger partial charge in [0.25, 0.3) is 0 Å². The summed E-state index contributed by atoms with van der Waals surface area (Å²) in [5, 5.41) is 3.05. The average Bonchev–Trinajstić information content (AvgIpc) is 2.32. The van der Waals surface area contributed by atoms with Gasteiger partial charge in [0.15, 0.2) is 0 Å². The van der Waals surface area contributed by atoms with Crippen molar-refractivity contribution in [1.29, 1.82) is 0 Å². The van der Waals surface area contributed by atoms with Crippen molar-refractivity contribution in [3.8, 4) is 0 Å². The van der Waals surface area contributed by atoms with Gasteiger partial charge in [-0.3, -0.25) is 0 Å². The molecule has 0 heterocycles. The zero-order chi connectivity index (χ0) is 12.3. The first kappa shape index (κ1) is 12.2. The topological polar surface area (TPSA) is 29.3 Å². The van der Waals surface area contributed by atoms with Crippen molar-refractivity contribution in [1.82, 2.24) is 0 Å². The van der Waals surface area contributed by atoms with Crippen molar-refractivity contribution in [2.75, 3.05) is 5.01 Å². The number of hydrogen-bond acceptors (Lipinski definition) is 2. The molecule has 0 fully saturated rings. The van der Waals surface area contributed by atoms with Crippen LogP contribution < -0.4 is 10.9 Å². The van der Waals surface area contributed by atoms with E-state index in [0.29, 0.717) is 11.6 Å². The highest BCUT2D eigenvalue weighted by molar-refractivity contribution is 6.31. The molecule has 17 heavy (non-hydrogen) atoms. The van der Waals surface area contributed by atoms with Crippen LogP contribution in [-0.4, -0.2) is 0 Å². The fourth-order valence-electron chi connectivity index (χ4n) is 1.53. The largest absolute Gasteiger partial charge is 0.307 e. The van der Waals surface area contributed by atoms with E-state index in [1.54, 1.807) is 5.01 Å². The number of hydrogen-bond donors (Lipinski definition) is 1. The molecule has 0 bridgehead atoms. The molecule has 0 unspecified atom stereocenters. The third kappa shape index (κ3) is 3.37. The van der Waals surface area contributed by atoms with Crippen molar-refractivity contribution < 1.29 is 0 Å². The molecule has 0 aliphatic carbocycles. The smallest absolute Gasteiger partial charge is 0.0592 e. The normalized spacial score (nSPS) is 10.3. The minimum atomic E-state index is 0.609. The summed E-state index contributed by atoms with van der Waals surface area (Å²) in [6.45, 7) is 0.609. The first-order valence-electron chi connectivity index (χ1n) is 5.17. The van der Waals surface area contributed by atoms with Gasteiger partial charge in [0.05, 0.1) is 12.2 Å². The van der Waals surface area contributed by atoms with Crippen LogP contribution in [-0.2, 0) is 6.54 Å². The molecule has 0 aliphatic rings. The quantitative estimate of drug-likeness (QED) is 0.675. The Morgan fingerprint density at radius 2 is 1.65 bits per heavy atom. The lowest BCUT2D eigenvalue weighted by atomic mass is 10.2. The molecule has 0 atom stereocenters. The molecule has 2 aromatic rings. The van der Waals surface area contributed by atoms with E-state index in [1.165, 1.54) is 0 Å². The predicted molar refractivity (Wildman–Crippen MR) is 73.3 cm³/mol. The van der Waals surface area contributed by atoms with Gasteiger partial charge in [0.2, 0.25) is 0 Å². The van der Waals surface area contributed by atoms with Crippen LogP contribution in [0.2, 0.25) is 10.0 Å². The van der Waals surface area contributed by atoms with E-state index in [-0.39, 0.29) is 0 Å². The second-order valence-corrected chi connectivity index (χ2v) is 4.61. The van der Waals surface area contributed by atoms with Crippen molar-refractivity contribution in [2.24, 2.45) is 5.84 Å². The van der Waals surface area contributed by atoms with Gasteiger partial charge in [-0.05, 0) is 35.9 Å². The molecule has 0 amide bonds. The minimum Gasteiger partial charge on any atom is -0.307 e. The maximum Gasteiger partial charge on any atom is 0.0592 e. The lowest BCUT2D eigenvalue weighted by Gasteiger charge is -2.19. The summed E-state index contributed by atoms with van der Waals surface area (Å²) in [6.07, 6.45) is 0. The molecular weight excluding hydrogens is 255 g/mol. The summed E-state index contributed by atoms with van der Waals surface area (Å²) >= 11 is 11.7. The maximum absolute atomic E-state index is 5.98. The second-order valence-electron chi connectivity index (χ2n) is 3.73. The molecule has 88 valence electrons. The third-order valence-corrected chi connectivity index (χ3v) is 2.89. The molecule has 0 spiro atoms. The molecule has 2 aromatic carbocycles. The Morgan fingerprint density at radius 3 is 2.29 bits per heavy atom. The summed E-state index contributed by atoms with van der Waals surface area (Å²) in [5.74, 6) is 5.98. The van der Waals surface area contributed by atoms with E-state index in [2.05, 4.69) is 0 Å². The summed E-state index contributed by atoms with van der Waals surface area (Å²) in [6, 6.07) is 15.0. The van der Waals surface area contributed by atoms with Gasteiger partial charge in [0, 0.05) is 10.0 Å². The standard InChI is InChI=1S/C13H12Cl2N2/c14-11-6-4-10(5-7-11)9-17(16)13-3-1-2-12(15)8-13/h1-8H,9,16H2. The van der Waals surface area contributed by atoms with Crippen LogP contribution in [0.25, 0.3) is 0 Å². The molecule has 2 nitrogen and oxygen atoms in total. The van der Waals surface area contributed by atoms with Crippen molar-refractivity contribution in [2.45, 2.75) is 6.54 Å². The number of halogens is 2. The maximum atomic E-state index is 5.98. The van der Waals surface area contributed by atoms with Crippen molar-refractivity contribution in [3.05, 3.63) is 64.1 Å². The summed E-state index contributed by atoms with van der Waals surface area (Å²) in [7, 11) is 0. The lowest BCUT2D eigenvalue weighted by Crippen LogP contribution is -2.29. The molecule has 0 aliphatic heterocycles. The summed E-state index contributed by atoms with van der Waals surface area (Å²) in [5.41, 5.74) is 1.98. The third-order valence-electron chi connectivity index (χ3n) is 2.41. The van der Waals surface area contributed by atoms with Crippen LogP contribution in [0.15, 0.2) is 48.5 Å². The van der Waals surface area contributed by atoms with E-state index in [0.717, 1.165) is 16.3 Å². The number of nitrogens with zero attached hydrogens (tertiary/aromatic N) is 1. The van der Waals surface area contributed by atoms with Crippen molar-refractivity contribution in [3.63, 3.8) is 0 Å². The molecule has 0 radical (unpaired) electrons. The molecule has 4 heteroatoms. The van der Waals surface area contributed by atoms with Gasteiger partial charge in [-0.2, -0.15) is 0 Å². The Kier molecular flexibility index (Phi) is 3.89. The fraction of sp³-hybridized carbons (Fsp3) is 0.0769. The Bertz CT molecular complexity index is 497. The fourth-order valence-corrected chi connectivity index (χ4v) is 1.84. The molecule has 0 aromatic heterocycles. The molecule has 0 saturated carbocycles. The number of rotatable bonds is 3. The van der Waals surface area contributed by atoms with Crippen LogP contribution in [0.5, 0.6) is 0 Å². The highest BCUT2D eigenvalue weighted by Gasteiger charge is 2.03. The zero-order valence-electron chi connectivity index (χ0n) is 9.11. The van der Waals surface area contributed by atoms with E-state index < -0.39 is 0 Å². The first-order chi connectivity index (χ1) is 8.15. The lowest BCUT2D eigenvalue weighted by molar-refractivity contribution is 0.853. The van der Waals surface area contributed by atoms with Crippen LogP contribution in [0.4, 0.5) is 5.69 Å². The molecule has 0 saturated heterocycles. The number of anilines is 1. The number of benzene rings is 2. The zero-order valence-corrected chi connectivity index (χ0v) is 10.6. The van der Waals surface area contributed by atoms with Crippen LogP contribution in [0.1, 0.15) is 5.56 Å². The van der Waals surface area contributed by atoms with Gasteiger partial charge in [-0.1, -0.05) is 41.4 Å². The van der Waals surface area contributed by atoms with Crippen LogP contribution in [0.3, 0.4) is 0 Å². The van der Waals surface area contributed by atoms with Crippen LogP contribution in [0, 0.1) is 0 Å². The van der Waals surface area contributed by atoms with Gasteiger partial charge in [-0.25, -0.2) is 5.84 Å². The van der Waals surface area contributed by atoms with Crippen molar-refractivity contribution >= 4 is 28.9 Å². The Labute approximate surface area is 111 Å². The highest BCUT2D eigenvalue weighted by Crippen LogP contribution is 2.19. The van der Waals surface area contributed by atoms with Gasteiger partial charge >= 0.3 is 0 Å². The predicted octanol–water partition coefficient (Wildman–Crippen LogP) is 3.87. The monoisotopic (exact) mass is 266 g/mol.